The molecule has 8 heteroatoms. The molecule has 0 atom stereocenters. The third kappa shape index (κ3) is 10.1. The van der Waals surface area contributed by atoms with E-state index < -0.39 is 11.9 Å². The molecule has 3 aromatic rings. The van der Waals surface area contributed by atoms with Crippen molar-refractivity contribution in [1.82, 2.24) is 0 Å². The van der Waals surface area contributed by atoms with Gasteiger partial charge in [0.15, 0.2) is 6.61 Å². The second-order valence-corrected chi connectivity index (χ2v) is 8.54. The highest BCUT2D eigenvalue weighted by molar-refractivity contribution is 5.91. The molecule has 0 bridgehead atoms. The predicted octanol–water partition coefficient (Wildman–Crippen LogP) is 6.31. The second-order valence-electron chi connectivity index (χ2n) is 8.54. The van der Waals surface area contributed by atoms with Gasteiger partial charge >= 0.3 is 17.9 Å². The Morgan fingerprint density at radius 1 is 0.650 bits per heavy atom. The van der Waals surface area contributed by atoms with Crippen molar-refractivity contribution in [1.29, 1.82) is 0 Å². The lowest BCUT2D eigenvalue weighted by molar-refractivity contribution is -0.140. The zero-order valence-electron chi connectivity index (χ0n) is 22.2. The van der Waals surface area contributed by atoms with E-state index in [1.165, 1.54) is 6.08 Å². The van der Waals surface area contributed by atoms with E-state index in [9.17, 15) is 14.4 Å². The summed E-state index contributed by atoms with van der Waals surface area (Å²) >= 11 is 0. The monoisotopic (exact) mass is 544 g/mol. The van der Waals surface area contributed by atoms with Crippen molar-refractivity contribution in [2.75, 3.05) is 19.8 Å². The minimum Gasteiger partial charge on any atom is -0.494 e. The Balaban J connectivity index is 1.40. The zero-order chi connectivity index (χ0) is 28.6. The average molecular weight is 545 g/mol. The van der Waals surface area contributed by atoms with Gasteiger partial charge in [0.25, 0.3) is 0 Å². The van der Waals surface area contributed by atoms with E-state index in [1.807, 2.05) is 36.4 Å². The summed E-state index contributed by atoms with van der Waals surface area (Å²) in [6, 6.07) is 21.3. The van der Waals surface area contributed by atoms with Crippen LogP contribution < -0.4 is 14.2 Å². The maximum atomic E-state index is 12.6. The first-order chi connectivity index (χ1) is 19.5. The third-order valence-corrected chi connectivity index (χ3v) is 5.63. The Bertz CT molecular complexity index is 1260. The van der Waals surface area contributed by atoms with E-state index >= 15 is 0 Å². The van der Waals surface area contributed by atoms with Gasteiger partial charge < -0.3 is 23.7 Å². The molecule has 8 nitrogen and oxygen atoms in total. The molecule has 0 amide bonds. The average Bonchev–Trinajstić information content (AvgIpc) is 2.98. The van der Waals surface area contributed by atoms with Gasteiger partial charge in [-0.2, -0.15) is 0 Å². The fourth-order valence-electron chi connectivity index (χ4n) is 3.56. The van der Waals surface area contributed by atoms with Crippen LogP contribution in [0.2, 0.25) is 0 Å². The number of hydrogen-bond acceptors (Lipinski definition) is 8. The number of benzene rings is 3. The molecule has 0 aromatic heterocycles. The Labute approximate surface area is 233 Å². The van der Waals surface area contributed by atoms with Crippen LogP contribution >= 0.6 is 0 Å². The van der Waals surface area contributed by atoms with Crippen molar-refractivity contribution in [3.05, 3.63) is 104 Å². The van der Waals surface area contributed by atoms with E-state index in [4.69, 9.17) is 18.9 Å². The molecule has 0 N–H and O–H groups in total. The number of carbonyl (C=O) groups is 3. The van der Waals surface area contributed by atoms with Crippen LogP contribution in [0, 0.1) is 0 Å². The van der Waals surface area contributed by atoms with Crippen molar-refractivity contribution in [2.24, 2.45) is 0 Å². The number of hydrogen-bond donors (Lipinski definition) is 0. The Hall–Kier alpha value is -4.85. The first-order valence-corrected chi connectivity index (χ1v) is 12.9. The van der Waals surface area contributed by atoms with Crippen LogP contribution in [0.15, 0.2) is 98.3 Å². The molecule has 0 unspecified atom stereocenters. The zero-order valence-corrected chi connectivity index (χ0v) is 22.2. The molecule has 40 heavy (non-hydrogen) atoms. The summed E-state index contributed by atoms with van der Waals surface area (Å²) in [6.45, 7) is 7.44. The summed E-state index contributed by atoms with van der Waals surface area (Å²) < 4.78 is 26.1. The SMILES string of the molecule is C=COC(=O)COc1ccc(OC(=O)c2ccc(-c3ccc(OCCCCCCOC(=O)C=C)cc3)cc2)cc1. The molecule has 0 saturated carbocycles. The van der Waals surface area contributed by atoms with Crippen LogP contribution in [0.25, 0.3) is 11.1 Å². The van der Waals surface area contributed by atoms with Gasteiger partial charge in [0, 0.05) is 6.08 Å². The Kier molecular flexibility index (Phi) is 12.0. The van der Waals surface area contributed by atoms with Gasteiger partial charge in [0.05, 0.1) is 25.0 Å². The minimum atomic E-state index is -0.566. The van der Waals surface area contributed by atoms with Gasteiger partial charge in [-0.3, -0.25) is 0 Å². The first kappa shape index (κ1) is 29.7. The lowest BCUT2D eigenvalue weighted by Gasteiger charge is -2.09. The molecular weight excluding hydrogens is 512 g/mol. The predicted molar refractivity (Wildman–Crippen MR) is 150 cm³/mol. The van der Waals surface area contributed by atoms with Crippen molar-refractivity contribution in [3.8, 4) is 28.4 Å². The maximum Gasteiger partial charge on any atom is 0.348 e. The van der Waals surface area contributed by atoms with Crippen molar-refractivity contribution < 1.29 is 38.1 Å². The van der Waals surface area contributed by atoms with Crippen LogP contribution in [-0.2, 0) is 19.1 Å². The summed E-state index contributed by atoms with van der Waals surface area (Å²) in [5.74, 6) is 0.127. The highest BCUT2D eigenvalue weighted by atomic mass is 16.6. The fraction of sp³-hybridized carbons (Fsp3) is 0.219. The number of ether oxygens (including phenoxy) is 5. The normalized spacial score (nSPS) is 10.2. The molecular formula is C32H32O8. The molecule has 0 heterocycles. The van der Waals surface area contributed by atoms with Crippen molar-refractivity contribution in [3.63, 3.8) is 0 Å². The standard InChI is InChI=1S/C32H32O8/c1-3-30(33)38-22-8-6-5-7-21-37-27-15-13-25(14-16-27)24-9-11-26(12-10-24)32(35)40-29-19-17-28(18-20-29)39-23-31(34)36-4-2/h3-4,9-20H,1-2,5-8,21-23H2. The molecule has 0 radical (unpaired) electrons. The lowest BCUT2D eigenvalue weighted by Crippen LogP contribution is -2.12. The van der Waals surface area contributed by atoms with Gasteiger partial charge in [-0.1, -0.05) is 37.4 Å². The quantitative estimate of drug-likeness (QED) is 0.0681. The summed E-state index contributed by atoms with van der Waals surface area (Å²) in [7, 11) is 0. The van der Waals surface area contributed by atoms with Gasteiger partial charge in [0.1, 0.15) is 17.2 Å². The number of carbonyl (C=O) groups excluding carboxylic acids is 3. The molecule has 0 spiro atoms. The summed E-state index contributed by atoms with van der Waals surface area (Å²) in [5, 5.41) is 0. The number of unbranched alkanes of at least 4 members (excludes halogenated alkanes) is 3. The topological polar surface area (TPSA) is 97.4 Å². The highest BCUT2D eigenvalue weighted by Crippen LogP contribution is 2.24. The van der Waals surface area contributed by atoms with E-state index in [2.05, 4.69) is 17.9 Å². The Morgan fingerprint density at radius 3 is 1.82 bits per heavy atom. The van der Waals surface area contributed by atoms with E-state index in [0.717, 1.165) is 48.8 Å². The van der Waals surface area contributed by atoms with E-state index in [1.54, 1.807) is 36.4 Å². The first-order valence-electron chi connectivity index (χ1n) is 12.9. The third-order valence-electron chi connectivity index (χ3n) is 5.63. The van der Waals surface area contributed by atoms with Gasteiger partial charge in [-0.15, -0.1) is 0 Å². The van der Waals surface area contributed by atoms with Crippen LogP contribution in [0.5, 0.6) is 17.2 Å². The largest absolute Gasteiger partial charge is 0.494 e. The smallest absolute Gasteiger partial charge is 0.348 e. The molecule has 0 aliphatic heterocycles. The second kappa shape index (κ2) is 16.2. The Morgan fingerprint density at radius 2 is 1.20 bits per heavy atom. The van der Waals surface area contributed by atoms with Gasteiger partial charge in [-0.25, -0.2) is 14.4 Å². The molecule has 0 saturated heterocycles. The maximum absolute atomic E-state index is 12.6. The van der Waals surface area contributed by atoms with Gasteiger partial charge in [-0.05, 0) is 85.3 Å². The van der Waals surface area contributed by atoms with Crippen LogP contribution in [0.4, 0.5) is 0 Å². The molecule has 0 fully saturated rings. The highest BCUT2D eigenvalue weighted by Gasteiger charge is 2.10. The molecule has 3 aromatic carbocycles. The molecule has 0 aliphatic rings. The molecule has 0 aliphatic carbocycles. The lowest BCUT2D eigenvalue weighted by atomic mass is 10.0. The number of rotatable bonds is 16. The molecule has 3 rings (SSSR count). The van der Waals surface area contributed by atoms with Crippen molar-refractivity contribution in [2.45, 2.75) is 25.7 Å². The summed E-state index contributed by atoms with van der Waals surface area (Å²) in [6.07, 6.45) is 5.90. The van der Waals surface area contributed by atoms with Crippen LogP contribution in [-0.4, -0.2) is 37.7 Å². The molecule has 208 valence electrons. The van der Waals surface area contributed by atoms with Crippen molar-refractivity contribution >= 4 is 17.9 Å². The summed E-state index contributed by atoms with van der Waals surface area (Å²) in [5.41, 5.74) is 2.36. The minimum absolute atomic E-state index is 0.257. The van der Waals surface area contributed by atoms with Crippen LogP contribution in [0.3, 0.4) is 0 Å². The van der Waals surface area contributed by atoms with E-state index in [-0.39, 0.29) is 12.6 Å². The van der Waals surface area contributed by atoms with Gasteiger partial charge in [0.2, 0.25) is 0 Å². The number of esters is 3. The van der Waals surface area contributed by atoms with E-state index in [0.29, 0.717) is 30.3 Å². The van der Waals surface area contributed by atoms with Crippen LogP contribution in [0.1, 0.15) is 36.0 Å². The summed E-state index contributed by atoms with van der Waals surface area (Å²) in [4.78, 5) is 34.8. The fourth-order valence-corrected chi connectivity index (χ4v) is 3.56.